The molecule has 0 unspecified atom stereocenters. The molecule has 0 spiro atoms. The first kappa shape index (κ1) is 20.3. The summed E-state index contributed by atoms with van der Waals surface area (Å²) in [6, 6.07) is 13.0. The molecule has 2 rings (SSSR count). The summed E-state index contributed by atoms with van der Waals surface area (Å²) in [5, 5.41) is 14.4. The summed E-state index contributed by atoms with van der Waals surface area (Å²) in [4.78, 5) is 22.4. The zero-order valence-corrected chi connectivity index (χ0v) is 15.6. The SMILES string of the molecule is Cc1ccc([N+](=O)[O-])cc1NC(=O)CN(C)S(=O)(=O)C=Cc1ccccc1. The highest BCUT2D eigenvalue weighted by Gasteiger charge is 2.19. The molecule has 0 aliphatic carbocycles. The summed E-state index contributed by atoms with van der Waals surface area (Å²) in [6.45, 7) is 1.26. The van der Waals surface area contributed by atoms with Gasteiger partial charge in [-0.3, -0.25) is 14.9 Å². The molecule has 0 saturated heterocycles. The molecule has 2 aromatic carbocycles. The highest BCUT2D eigenvalue weighted by atomic mass is 32.2. The molecular formula is C18H19N3O5S. The number of carbonyl (C=O) groups is 1. The lowest BCUT2D eigenvalue weighted by Gasteiger charge is -2.15. The molecule has 0 atom stereocenters. The Balaban J connectivity index is 2.05. The van der Waals surface area contributed by atoms with Crippen LogP contribution in [0.25, 0.3) is 6.08 Å². The van der Waals surface area contributed by atoms with E-state index in [0.29, 0.717) is 11.1 Å². The van der Waals surface area contributed by atoms with Gasteiger partial charge in [-0.2, -0.15) is 4.31 Å². The van der Waals surface area contributed by atoms with Crippen LogP contribution in [0.4, 0.5) is 11.4 Å². The molecule has 0 aromatic heterocycles. The van der Waals surface area contributed by atoms with Gasteiger partial charge >= 0.3 is 0 Å². The van der Waals surface area contributed by atoms with Crippen LogP contribution in [-0.2, 0) is 14.8 Å². The smallest absolute Gasteiger partial charge is 0.271 e. The number of aryl methyl sites for hydroxylation is 1. The Kier molecular flexibility index (Phi) is 6.43. The molecule has 0 aliphatic heterocycles. The third-order valence-corrected chi connectivity index (χ3v) is 5.22. The van der Waals surface area contributed by atoms with Crippen molar-refractivity contribution in [2.75, 3.05) is 18.9 Å². The van der Waals surface area contributed by atoms with E-state index in [1.165, 1.54) is 31.3 Å². The van der Waals surface area contributed by atoms with E-state index < -0.39 is 27.4 Å². The van der Waals surface area contributed by atoms with E-state index in [4.69, 9.17) is 0 Å². The molecule has 8 nitrogen and oxygen atoms in total. The second-order valence-corrected chi connectivity index (χ2v) is 7.74. The molecular weight excluding hydrogens is 370 g/mol. The second-order valence-electron chi connectivity index (χ2n) is 5.82. The zero-order chi connectivity index (χ0) is 20.0. The highest BCUT2D eigenvalue weighted by molar-refractivity contribution is 7.92. The van der Waals surface area contributed by atoms with Crippen molar-refractivity contribution in [1.82, 2.24) is 4.31 Å². The van der Waals surface area contributed by atoms with Crippen LogP contribution in [0.1, 0.15) is 11.1 Å². The third kappa shape index (κ3) is 5.73. The normalized spacial score (nSPS) is 11.7. The predicted octanol–water partition coefficient (Wildman–Crippen LogP) is 2.77. The molecule has 0 bridgehead atoms. The van der Waals surface area contributed by atoms with Gasteiger partial charge < -0.3 is 5.32 Å². The second kappa shape index (κ2) is 8.56. The van der Waals surface area contributed by atoms with Crippen molar-refractivity contribution in [2.45, 2.75) is 6.92 Å². The van der Waals surface area contributed by atoms with Gasteiger partial charge in [-0.1, -0.05) is 36.4 Å². The molecule has 1 N–H and O–H groups in total. The van der Waals surface area contributed by atoms with Gasteiger partial charge in [-0.05, 0) is 24.1 Å². The number of sulfonamides is 1. The van der Waals surface area contributed by atoms with Crippen molar-refractivity contribution < 1.29 is 18.1 Å². The Morgan fingerprint density at radius 3 is 2.52 bits per heavy atom. The lowest BCUT2D eigenvalue weighted by molar-refractivity contribution is -0.384. The van der Waals surface area contributed by atoms with Crippen molar-refractivity contribution in [3.63, 3.8) is 0 Å². The highest BCUT2D eigenvalue weighted by Crippen LogP contribution is 2.21. The first-order valence-electron chi connectivity index (χ1n) is 7.93. The molecule has 0 radical (unpaired) electrons. The number of nitrogens with one attached hydrogen (secondary N) is 1. The number of nitro benzene ring substituents is 1. The van der Waals surface area contributed by atoms with Gasteiger partial charge in [0.15, 0.2) is 0 Å². The van der Waals surface area contributed by atoms with Gasteiger partial charge in [0.2, 0.25) is 15.9 Å². The first-order chi connectivity index (χ1) is 12.7. The number of benzene rings is 2. The van der Waals surface area contributed by atoms with E-state index in [0.717, 1.165) is 9.71 Å². The Bertz CT molecular complexity index is 972. The number of rotatable bonds is 7. The predicted molar refractivity (Wildman–Crippen MR) is 103 cm³/mol. The fourth-order valence-electron chi connectivity index (χ4n) is 2.17. The van der Waals surface area contributed by atoms with E-state index in [-0.39, 0.29) is 11.4 Å². The number of carbonyl (C=O) groups excluding carboxylic acids is 1. The summed E-state index contributed by atoms with van der Waals surface area (Å²) >= 11 is 0. The lowest BCUT2D eigenvalue weighted by atomic mass is 10.2. The van der Waals surface area contributed by atoms with Crippen molar-refractivity contribution in [1.29, 1.82) is 0 Å². The first-order valence-corrected chi connectivity index (χ1v) is 9.44. The van der Waals surface area contributed by atoms with E-state index >= 15 is 0 Å². The van der Waals surface area contributed by atoms with Crippen LogP contribution in [0.5, 0.6) is 0 Å². The van der Waals surface area contributed by atoms with E-state index in [1.54, 1.807) is 31.2 Å². The number of nitro groups is 1. The molecule has 0 fully saturated rings. The van der Waals surface area contributed by atoms with Gasteiger partial charge in [0.05, 0.1) is 17.2 Å². The monoisotopic (exact) mass is 389 g/mol. The van der Waals surface area contributed by atoms with Gasteiger partial charge in [0.1, 0.15) is 0 Å². The van der Waals surface area contributed by atoms with Gasteiger partial charge in [0, 0.05) is 24.6 Å². The molecule has 1 amide bonds. The molecule has 0 heterocycles. The van der Waals surface area contributed by atoms with Gasteiger partial charge in [-0.15, -0.1) is 0 Å². The maximum Gasteiger partial charge on any atom is 0.271 e. The van der Waals surface area contributed by atoms with Crippen molar-refractivity contribution in [2.24, 2.45) is 0 Å². The summed E-state index contributed by atoms with van der Waals surface area (Å²) in [5.74, 6) is -0.599. The largest absolute Gasteiger partial charge is 0.324 e. The van der Waals surface area contributed by atoms with Crippen LogP contribution < -0.4 is 5.32 Å². The summed E-state index contributed by atoms with van der Waals surface area (Å²) in [6.07, 6.45) is 1.44. The molecule has 9 heteroatoms. The average Bonchev–Trinajstić information content (AvgIpc) is 2.62. The Hall–Kier alpha value is -3.04. The summed E-state index contributed by atoms with van der Waals surface area (Å²) < 4.78 is 25.4. The fourth-order valence-corrected chi connectivity index (χ4v) is 3.01. The Labute approximate surface area is 157 Å². The van der Waals surface area contributed by atoms with Gasteiger partial charge in [0.25, 0.3) is 5.69 Å². The molecule has 142 valence electrons. The molecule has 0 saturated carbocycles. The standard InChI is InChI=1S/C18H19N3O5S/c1-14-8-9-16(21(23)24)12-17(14)19-18(22)13-20(2)27(25,26)11-10-15-6-4-3-5-7-15/h3-12H,13H2,1-2H3,(H,19,22). The maximum absolute atomic E-state index is 12.3. The van der Waals surface area contributed by atoms with E-state index in [1.807, 2.05) is 6.07 Å². The molecule has 27 heavy (non-hydrogen) atoms. The van der Waals surface area contributed by atoms with Crippen LogP contribution in [0, 0.1) is 17.0 Å². The number of non-ortho nitro benzene ring substituents is 1. The number of hydrogen-bond acceptors (Lipinski definition) is 5. The van der Waals surface area contributed by atoms with Crippen molar-refractivity contribution in [3.05, 3.63) is 75.2 Å². The summed E-state index contributed by atoms with van der Waals surface area (Å²) in [7, 11) is -2.51. The van der Waals surface area contributed by atoms with Crippen molar-refractivity contribution in [3.8, 4) is 0 Å². The van der Waals surface area contributed by atoms with Gasteiger partial charge in [-0.25, -0.2) is 8.42 Å². The number of anilines is 1. The Morgan fingerprint density at radius 1 is 1.22 bits per heavy atom. The van der Waals surface area contributed by atoms with Crippen LogP contribution in [0.3, 0.4) is 0 Å². The average molecular weight is 389 g/mol. The summed E-state index contributed by atoms with van der Waals surface area (Å²) in [5.41, 5.74) is 1.44. The van der Waals surface area contributed by atoms with Crippen LogP contribution in [0.2, 0.25) is 0 Å². The van der Waals surface area contributed by atoms with E-state index in [9.17, 15) is 23.3 Å². The fraction of sp³-hybridized carbons (Fsp3) is 0.167. The number of hydrogen-bond donors (Lipinski definition) is 1. The third-order valence-electron chi connectivity index (χ3n) is 3.74. The maximum atomic E-state index is 12.3. The minimum absolute atomic E-state index is 0.164. The molecule has 0 aliphatic rings. The van der Waals surface area contributed by atoms with Crippen LogP contribution in [-0.4, -0.2) is 37.1 Å². The van der Waals surface area contributed by atoms with Crippen molar-refractivity contribution >= 4 is 33.4 Å². The minimum Gasteiger partial charge on any atom is -0.324 e. The molecule has 2 aromatic rings. The van der Waals surface area contributed by atoms with E-state index in [2.05, 4.69) is 5.32 Å². The lowest BCUT2D eigenvalue weighted by Crippen LogP contribution is -2.33. The quantitative estimate of drug-likeness (QED) is 0.578. The minimum atomic E-state index is -3.79. The topological polar surface area (TPSA) is 110 Å². The number of nitrogens with zero attached hydrogens (tertiary/aromatic N) is 2. The number of amides is 1. The van der Waals surface area contributed by atoms with Crippen LogP contribution in [0.15, 0.2) is 53.9 Å². The van der Waals surface area contributed by atoms with Crippen LogP contribution >= 0.6 is 0 Å². The Morgan fingerprint density at radius 2 is 1.89 bits per heavy atom. The zero-order valence-electron chi connectivity index (χ0n) is 14.8. The number of likely N-dealkylation sites (N-methyl/N-ethyl adjacent to an activating group) is 1.